The Balaban J connectivity index is 1.94. The second kappa shape index (κ2) is 6.78. The monoisotopic (exact) mass is 276 g/mol. The predicted molar refractivity (Wildman–Crippen MR) is 81.4 cm³/mol. The molecule has 0 saturated heterocycles. The normalized spacial score (nSPS) is 12.6. The third-order valence-corrected chi connectivity index (χ3v) is 3.60. The second-order valence-electron chi connectivity index (χ2n) is 4.85. The first kappa shape index (κ1) is 14.2. The maximum absolute atomic E-state index is 5.91. The summed E-state index contributed by atoms with van der Waals surface area (Å²) >= 11 is 5.91. The molecule has 2 nitrogen and oxygen atoms in total. The van der Waals surface area contributed by atoms with Crippen LogP contribution in [0, 0.1) is 0 Å². The highest BCUT2D eigenvalue weighted by Gasteiger charge is 2.06. The summed E-state index contributed by atoms with van der Waals surface area (Å²) in [6, 6.07) is 12.6. The van der Waals surface area contributed by atoms with Crippen LogP contribution in [-0.2, 0) is 13.1 Å². The number of nitrogens with zero attached hydrogens (tertiary/aromatic N) is 1. The van der Waals surface area contributed by atoms with E-state index in [4.69, 9.17) is 11.6 Å². The van der Waals surface area contributed by atoms with Crippen LogP contribution in [0.2, 0.25) is 5.02 Å². The van der Waals surface area contributed by atoms with Crippen LogP contribution in [0.25, 0.3) is 0 Å². The minimum Gasteiger partial charge on any atom is -0.350 e. The number of nitrogens with one attached hydrogen (secondary N) is 1. The summed E-state index contributed by atoms with van der Waals surface area (Å²) in [6.45, 7) is 6.35. The zero-order chi connectivity index (χ0) is 13.7. The molecule has 3 heteroatoms. The van der Waals surface area contributed by atoms with E-state index in [1.807, 2.05) is 12.1 Å². The molecule has 2 rings (SSSR count). The van der Waals surface area contributed by atoms with Crippen molar-refractivity contribution in [3.8, 4) is 0 Å². The summed E-state index contributed by atoms with van der Waals surface area (Å²) in [4.78, 5) is 0. The van der Waals surface area contributed by atoms with Crippen LogP contribution in [0.4, 0.5) is 0 Å². The van der Waals surface area contributed by atoms with Crippen LogP contribution < -0.4 is 5.32 Å². The van der Waals surface area contributed by atoms with Gasteiger partial charge >= 0.3 is 0 Å². The average Bonchev–Trinajstić information content (AvgIpc) is 2.85. The lowest BCUT2D eigenvalue weighted by Gasteiger charge is -2.15. The summed E-state index contributed by atoms with van der Waals surface area (Å²) in [5.41, 5.74) is 2.60. The molecule has 1 aromatic carbocycles. The fraction of sp³-hybridized carbons (Fsp3) is 0.375. The highest BCUT2D eigenvalue weighted by Crippen LogP contribution is 2.16. The molecule has 0 aliphatic carbocycles. The van der Waals surface area contributed by atoms with E-state index >= 15 is 0 Å². The third kappa shape index (κ3) is 3.85. The Morgan fingerprint density at radius 3 is 2.63 bits per heavy atom. The van der Waals surface area contributed by atoms with Crippen LogP contribution >= 0.6 is 11.6 Å². The van der Waals surface area contributed by atoms with Crippen LogP contribution in [0.15, 0.2) is 42.6 Å². The molecule has 0 spiro atoms. The van der Waals surface area contributed by atoms with Gasteiger partial charge < -0.3 is 9.88 Å². The second-order valence-corrected chi connectivity index (χ2v) is 5.28. The van der Waals surface area contributed by atoms with E-state index in [1.54, 1.807) is 0 Å². The molecule has 0 saturated carbocycles. The predicted octanol–water partition coefficient (Wildman–Crippen LogP) is 4.40. The van der Waals surface area contributed by atoms with Gasteiger partial charge in [-0.05, 0) is 43.2 Å². The first-order valence-electron chi connectivity index (χ1n) is 6.83. The molecule has 1 unspecified atom stereocenters. The molecule has 2 aromatic rings. The van der Waals surface area contributed by atoms with Gasteiger partial charge in [0.25, 0.3) is 0 Å². The minimum atomic E-state index is 0.322. The Hall–Kier alpha value is -1.25. The highest BCUT2D eigenvalue weighted by molar-refractivity contribution is 6.30. The molecule has 0 bridgehead atoms. The minimum absolute atomic E-state index is 0.322. The molecule has 102 valence electrons. The zero-order valence-corrected chi connectivity index (χ0v) is 12.3. The van der Waals surface area contributed by atoms with Crippen molar-refractivity contribution in [3.63, 3.8) is 0 Å². The molecule has 19 heavy (non-hydrogen) atoms. The Bertz CT molecular complexity index is 502. The van der Waals surface area contributed by atoms with Gasteiger partial charge in [-0.3, -0.25) is 0 Å². The zero-order valence-electron chi connectivity index (χ0n) is 11.6. The van der Waals surface area contributed by atoms with Crippen molar-refractivity contribution in [2.45, 2.75) is 39.4 Å². The van der Waals surface area contributed by atoms with Crippen LogP contribution in [-0.4, -0.2) is 4.57 Å². The number of halogens is 1. The summed E-state index contributed by atoms with van der Waals surface area (Å²) in [5.74, 6) is 0. The first-order valence-corrected chi connectivity index (χ1v) is 7.21. The van der Waals surface area contributed by atoms with E-state index < -0.39 is 0 Å². The van der Waals surface area contributed by atoms with Gasteiger partial charge in [-0.15, -0.1) is 0 Å². The summed E-state index contributed by atoms with van der Waals surface area (Å²) in [7, 11) is 0. The lowest BCUT2D eigenvalue weighted by molar-refractivity contribution is 0.542. The van der Waals surface area contributed by atoms with Gasteiger partial charge in [-0.2, -0.15) is 0 Å². The van der Waals surface area contributed by atoms with Gasteiger partial charge in [-0.25, -0.2) is 0 Å². The average molecular weight is 277 g/mol. The van der Waals surface area contributed by atoms with E-state index in [0.29, 0.717) is 6.04 Å². The van der Waals surface area contributed by atoms with E-state index in [9.17, 15) is 0 Å². The topological polar surface area (TPSA) is 17.0 Å². The Morgan fingerprint density at radius 1 is 1.21 bits per heavy atom. The summed E-state index contributed by atoms with van der Waals surface area (Å²) < 4.78 is 2.31. The van der Waals surface area contributed by atoms with Gasteiger partial charge in [0.1, 0.15) is 0 Å². The van der Waals surface area contributed by atoms with Crippen molar-refractivity contribution in [3.05, 3.63) is 58.9 Å². The van der Waals surface area contributed by atoms with Gasteiger partial charge in [0.05, 0.1) is 0 Å². The molecule has 0 radical (unpaired) electrons. The van der Waals surface area contributed by atoms with Gasteiger partial charge in [0.2, 0.25) is 0 Å². The van der Waals surface area contributed by atoms with Crippen molar-refractivity contribution in [2.24, 2.45) is 0 Å². The van der Waals surface area contributed by atoms with E-state index in [-0.39, 0.29) is 0 Å². The molecule has 0 fully saturated rings. The van der Waals surface area contributed by atoms with Crippen LogP contribution in [0.5, 0.6) is 0 Å². The first-order chi connectivity index (χ1) is 9.20. The number of benzene rings is 1. The quantitative estimate of drug-likeness (QED) is 0.827. The molecular weight excluding hydrogens is 256 g/mol. The maximum Gasteiger partial charge on any atom is 0.0406 e. The number of aryl methyl sites for hydroxylation is 1. The van der Waals surface area contributed by atoms with Crippen molar-refractivity contribution in [1.29, 1.82) is 0 Å². The standard InChI is InChI=1S/C16H21ClN2/c1-3-10-19-11-4-5-16(19)12-18-13(2)14-6-8-15(17)9-7-14/h4-9,11,13,18H,3,10,12H2,1-2H3. The Labute approximate surface area is 120 Å². The van der Waals surface area contributed by atoms with Crippen LogP contribution in [0.3, 0.4) is 0 Å². The smallest absolute Gasteiger partial charge is 0.0406 e. The van der Waals surface area contributed by atoms with Crippen molar-refractivity contribution in [2.75, 3.05) is 0 Å². The maximum atomic E-state index is 5.91. The molecule has 1 heterocycles. The van der Waals surface area contributed by atoms with Crippen molar-refractivity contribution >= 4 is 11.6 Å². The highest BCUT2D eigenvalue weighted by atomic mass is 35.5. The number of rotatable bonds is 6. The Morgan fingerprint density at radius 2 is 1.95 bits per heavy atom. The van der Waals surface area contributed by atoms with Gasteiger partial charge in [0, 0.05) is 36.0 Å². The van der Waals surface area contributed by atoms with E-state index in [0.717, 1.165) is 24.5 Å². The van der Waals surface area contributed by atoms with Crippen molar-refractivity contribution < 1.29 is 0 Å². The molecule has 0 aliphatic heterocycles. The number of hydrogen-bond donors (Lipinski definition) is 1. The molecule has 1 N–H and O–H groups in total. The fourth-order valence-corrected chi connectivity index (χ4v) is 2.32. The Kier molecular flexibility index (Phi) is 5.06. The van der Waals surface area contributed by atoms with E-state index in [2.05, 4.69) is 54.2 Å². The summed E-state index contributed by atoms with van der Waals surface area (Å²) in [5, 5.41) is 4.34. The molecular formula is C16H21ClN2. The SMILES string of the molecule is CCCn1cccc1CNC(C)c1ccc(Cl)cc1. The van der Waals surface area contributed by atoms with Gasteiger partial charge in [0.15, 0.2) is 0 Å². The molecule has 0 aliphatic rings. The fourth-order valence-electron chi connectivity index (χ4n) is 2.20. The lowest BCUT2D eigenvalue weighted by atomic mass is 10.1. The molecule has 1 atom stereocenters. The lowest BCUT2D eigenvalue weighted by Crippen LogP contribution is -2.20. The van der Waals surface area contributed by atoms with Crippen LogP contribution in [0.1, 0.15) is 37.6 Å². The summed E-state index contributed by atoms with van der Waals surface area (Å²) in [6.07, 6.45) is 3.31. The van der Waals surface area contributed by atoms with E-state index in [1.165, 1.54) is 11.3 Å². The van der Waals surface area contributed by atoms with Crippen molar-refractivity contribution in [1.82, 2.24) is 9.88 Å². The number of hydrogen-bond acceptors (Lipinski definition) is 1. The van der Waals surface area contributed by atoms with Gasteiger partial charge in [-0.1, -0.05) is 30.7 Å². The third-order valence-electron chi connectivity index (χ3n) is 3.35. The number of aromatic nitrogens is 1. The molecule has 0 amide bonds. The molecule has 1 aromatic heterocycles. The largest absolute Gasteiger partial charge is 0.350 e.